The zero-order valence-corrected chi connectivity index (χ0v) is 9.24. The number of hydrogen-bond donors (Lipinski definition) is 2. The van der Waals surface area contributed by atoms with E-state index in [0.29, 0.717) is 5.69 Å². The van der Waals surface area contributed by atoms with Crippen LogP contribution in [0.4, 0.5) is 25.8 Å². The summed E-state index contributed by atoms with van der Waals surface area (Å²) in [4.78, 5) is 0. The fraction of sp³-hybridized carbons (Fsp3) is 0. The summed E-state index contributed by atoms with van der Waals surface area (Å²) in [7, 11) is 0. The Labute approximate surface area is 102 Å². The highest BCUT2D eigenvalue weighted by molar-refractivity contribution is 5.72. The average Bonchev–Trinajstić information content (AvgIpc) is 2.36. The fourth-order valence-corrected chi connectivity index (χ4v) is 1.47. The van der Waals surface area contributed by atoms with E-state index in [0.717, 1.165) is 6.07 Å². The largest absolute Gasteiger partial charge is 0.397 e. The lowest BCUT2D eigenvalue weighted by molar-refractivity contribution is 0.627. The van der Waals surface area contributed by atoms with Crippen molar-refractivity contribution in [2.24, 2.45) is 0 Å². The summed E-state index contributed by atoms with van der Waals surface area (Å²) in [6.07, 6.45) is 0. The first-order valence-corrected chi connectivity index (χ1v) is 5.12. The Bertz CT molecular complexity index is 633. The molecule has 18 heavy (non-hydrogen) atoms. The highest BCUT2D eigenvalue weighted by atomic mass is 19.1. The molecule has 0 aliphatic heterocycles. The summed E-state index contributed by atoms with van der Waals surface area (Å²) >= 11 is 0. The summed E-state index contributed by atoms with van der Waals surface area (Å²) in [5, 5.41) is 11.3. The van der Waals surface area contributed by atoms with E-state index in [1.807, 2.05) is 6.07 Å². The van der Waals surface area contributed by atoms with Crippen LogP contribution in [-0.2, 0) is 0 Å². The first kappa shape index (κ1) is 11.9. The Kier molecular flexibility index (Phi) is 3.11. The first-order valence-electron chi connectivity index (χ1n) is 5.12. The van der Waals surface area contributed by atoms with Gasteiger partial charge in [0.05, 0.1) is 28.7 Å². The Hall–Kier alpha value is -2.61. The second-order valence-corrected chi connectivity index (χ2v) is 3.66. The zero-order chi connectivity index (χ0) is 13.1. The molecule has 0 fully saturated rings. The molecule has 2 aromatic rings. The maximum Gasteiger partial charge on any atom is 0.147 e. The number of halogens is 2. The van der Waals surface area contributed by atoms with Crippen molar-refractivity contribution in [1.82, 2.24) is 0 Å². The molecule has 90 valence electrons. The van der Waals surface area contributed by atoms with Crippen LogP contribution >= 0.6 is 0 Å². The van der Waals surface area contributed by atoms with Crippen molar-refractivity contribution in [2.45, 2.75) is 0 Å². The van der Waals surface area contributed by atoms with Crippen molar-refractivity contribution in [3.63, 3.8) is 0 Å². The molecule has 0 aromatic heterocycles. The second kappa shape index (κ2) is 4.72. The normalized spacial score (nSPS) is 9.83. The molecule has 2 aromatic carbocycles. The van der Waals surface area contributed by atoms with E-state index >= 15 is 0 Å². The van der Waals surface area contributed by atoms with Gasteiger partial charge in [0.1, 0.15) is 11.6 Å². The van der Waals surface area contributed by atoms with Gasteiger partial charge in [0.2, 0.25) is 0 Å². The molecule has 0 heterocycles. The summed E-state index contributed by atoms with van der Waals surface area (Å²) in [5.74, 6) is -1.07. The quantitative estimate of drug-likeness (QED) is 0.799. The molecule has 0 bridgehead atoms. The molecule has 3 N–H and O–H groups in total. The van der Waals surface area contributed by atoms with Gasteiger partial charge in [0, 0.05) is 0 Å². The number of nitrogens with zero attached hydrogens (tertiary/aromatic N) is 1. The predicted molar refractivity (Wildman–Crippen MR) is 65.2 cm³/mol. The number of anilines is 3. The summed E-state index contributed by atoms with van der Waals surface area (Å²) in [6.45, 7) is 0. The third-order valence-corrected chi connectivity index (χ3v) is 2.38. The second-order valence-electron chi connectivity index (χ2n) is 3.66. The minimum absolute atomic E-state index is 0.131. The van der Waals surface area contributed by atoms with E-state index in [4.69, 9.17) is 11.0 Å². The Balaban J connectivity index is 2.34. The molecule has 0 unspecified atom stereocenters. The zero-order valence-electron chi connectivity index (χ0n) is 9.24. The number of nitrogens with two attached hydrogens (primary N) is 1. The summed E-state index contributed by atoms with van der Waals surface area (Å²) < 4.78 is 26.6. The van der Waals surface area contributed by atoms with Crippen LogP contribution in [0.3, 0.4) is 0 Å². The van der Waals surface area contributed by atoms with Gasteiger partial charge < -0.3 is 11.1 Å². The van der Waals surface area contributed by atoms with Crippen LogP contribution in [0.2, 0.25) is 0 Å². The van der Waals surface area contributed by atoms with Crippen LogP contribution in [0.25, 0.3) is 0 Å². The fourth-order valence-electron chi connectivity index (χ4n) is 1.47. The SMILES string of the molecule is N#Cc1ccc(Nc2cc(F)ccc2N)c(F)c1. The van der Waals surface area contributed by atoms with E-state index in [1.54, 1.807) is 0 Å². The van der Waals surface area contributed by atoms with Gasteiger partial charge in [-0.1, -0.05) is 0 Å². The number of hydrogen-bond acceptors (Lipinski definition) is 3. The molecule has 3 nitrogen and oxygen atoms in total. The Morgan fingerprint density at radius 1 is 1.06 bits per heavy atom. The van der Waals surface area contributed by atoms with Gasteiger partial charge in [0.15, 0.2) is 0 Å². The van der Waals surface area contributed by atoms with Crippen molar-refractivity contribution in [3.8, 4) is 6.07 Å². The Morgan fingerprint density at radius 2 is 1.83 bits per heavy atom. The van der Waals surface area contributed by atoms with Crippen LogP contribution in [-0.4, -0.2) is 0 Å². The van der Waals surface area contributed by atoms with E-state index in [9.17, 15) is 8.78 Å². The van der Waals surface area contributed by atoms with E-state index in [2.05, 4.69) is 5.32 Å². The molecule has 0 amide bonds. The van der Waals surface area contributed by atoms with Gasteiger partial charge >= 0.3 is 0 Å². The topological polar surface area (TPSA) is 61.8 Å². The van der Waals surface area contributed by atoms with Crippen LogP contribution in [0.1, 0.15) is 5.56 Å². The number of benzene rings is 2. The molecule has 0 saturated carbocycles. The smallest absolute Gasteiger partial charge is 0.147 e. The molecule has 0 aliphatic carbocycles. The molecule has 0 saturated heterocycles. The lowest BCUT2D eigenvalue weighted by atomic mass is 10.2. The summed E-state index contributed by atoms with van der Waals surface area (Å²) in [5.41, 5.74) is 6.57. The highest BCUT2D eigenvalue weighted by Gasteiger charge is 2.06. The van der Waals surface area contributed by atoms with E-state index < -0.39 is 11.6 Å². The van der Waals surface area contributed by atoms with Crippen LogP contribution in [0.5, 0.6) is 0 Å². The van der Waals surface area contributed by atoms with Crippen LogP contribution in [0, 0.1) is 23.0 Å². The molecular formula is C13H9F2N3. The Morgan fingerprint density at radius 3 is 2.50 bits per heavy atom. The number of rotatable bonds is 2. The van der Waals surface area contributed by atoms with Gasteiger partial charge in [-0.25, -0.2) is 8.78 Å². The molecular weight excluding hydrogens is 236 g/mol. The molecule has 5 heteroatoms. The number of nitrogens with one attached hydrogen (secondary N) is 1. The third kappa shape index (κ3) is 2.38. The van der Waals surface area contributed by atoms with Crippen molar-refractivity contribution < 1.29 is 8.78 Å². The van der Waals surface area contributed by atoms with Crippen LogP contribution in [0.15, 0.2) is 36.4 Å². The maximum atomic E-state index is 13.6. The van der Waals surface area contributed by atoms with Gasteiger partial charge in [-0.05, 0) is 36.4 Å². The van der Waals surface area contributed by atoms with Gasteiger partial charge in [0.25, 0.3) is 0 Å². The third-order valence-electron chi connectivity index (χ3n) is 2.38. The van der Waals surface area contributed by atoms with Crippen molar-refractivity contribution >= 4 is 17.1 Å². The van der Waals surface area contributed by atoms with Crippen molar-refractivity contribution in [3.05, 3.63) is 53.6 Å². The lowest BCUT2D eigenvalue weighted by Gasteiger charge is -2.10. The maximum absolute atomic E-state index is 13.6. The lowest BCUT2D eigenvalue weighted by Crippen LogP contribution is -1.99. The van der Waals surface area contributed by atoms with E-state index in [-0.39, 0.29) is 16.9 Å². The monoisotopic (exact) mass is 245 g/mol. The molecule has 2 rings (SSSR count). The van der Waals surface area contributed by atoms with E-state index in [1.165, 1.54) is 30.3 Å². The summed E-state index contributed by atoms with van der Waals surface area (Å²) in [6, 6.07) is 9.56. The first-order chi connectivity index (χ1) is 8.60. The molecule has 0 radical (unpaired) electrons. The van der Waals surface area contributed by atoms with Gasteiger partial charge in [-0.3, -0.25) is 0 Å². The number of nitriles is 1. The van der Waals surface area contributed by atoms with Crippen molar-refractivity contribution in [1.29, 1.82) is 5.26 Å². The number of nitrogen functional groups attached to an aromatic ring is 1. The molecule has 0 aliphatic rings. The minimum Gasteiger partial charge on any atom is -0.397 e. The highest BCUT2D eigenvalue weighted by Crippen LogP contribution is 2.26. The minimum atomic E-state index is -0.599. The molecule has 0 atom stereocenters. The average molecular weight is 245 g/mol. The van der Waals surface area contributed by atoms with Crippen molar-refractivity contribution in [2.75, 3.05) is 11.1 Å². The van der Waals surface area contributed by atoms with Gasteiger partial charge in [-0.2, -0.15) is 5.26 Å². The predicted octanol–water partition coefficient (Wildman–Crippen LogP) is 3.16. The standard InChI is InChI=1S/C13H9F2N3/c14-9-2-3-11(17)13(6-9)18-12-4-1-8(7-16)5-10(12)15/h1-6,18H,17H2. The van der Waals surface area contributed by atoms with Crippen LogP contribution < -0.4 is 11.1 Å². The van der Waals surface area contributed by atoms with Gasteiger partial charge in [-0.15, -0.1) is 0 Å². The molecule has 0 spiro atoms.